The number of ether oxygens (including phenoxy) is 3. The van der Waals surface area contributed by atoms with Gasteiger partial charge < -0.3 is 24.2 Å². The number of carbonyl (C=O) groups is 2. The first-order valence-corrected chi connectivity index (χ1v) is 30.4. The highest BCUT2D eigenvalue weighted by Gasteiger charge is 2.22. The number of hydrogen-bond acceptors (Lipinski definition) is 5. The summed E-state index contributed by atoms with van der Waals surface area (Å²) in [5.74, 6) is 0.144. The van der Waals surface area contributed by atoms with Crippen LogP contribution in [0.5, 0.6) is 17.2 Å². The fraction of sp³-hybridized carbons (Fsp3) is 0.781. The molecule has 0 fully saturated rings. The largest absolute Gasteiger partial charge is 0.490 e. The average Bonchev–Trinajstić information content (AvgIpc) is 3.36. The fourth-order valence-electron chi connectivity index (χ4n) is 9.14. The van der Waals surface area contributed by atoms with Crippen LogP contribution in [0.3, 0.4) is 0 Å². The van der Waals surface area contributed by atoms with E-state index in [1.165, 1.54) is 243 Å². The smallest absolute Gasteiger partial charge is 0.323 e. The molecule has 0 bridgehead atoms. The van der Waals surface area contributed by atoms with E-state index >= 15 is 0 Å². The molecule has 0 atom stereocenters. The minimum Gasteiger partial charge on any atom is -0.490 e. The van der Waals surface area contributed by atoms with Crippen molar-refractivity contribution in [2.45, 2.75) is 290 Å². The standard InChI is InChI=1S/C64H113NO6/c1-5-8-11-14-17-20-23-26-29-32-35-38-41-44-47-50-53-69-60-56-59(64(68)65(4)58-62(66)67)57-61(70-54-51-48-45-42-39-36-33-30-27-24-21-18-15-12-9-6-2)63(60)71-55-52-49-46-43-40-37-34-31-28-25-22-19-16-13-10-7-3/h26-31,56-57H,5-25,32-55,58H2,1-4H3,(H,66,67)/b29-26-,30-27-,31-28-. The Hall–Kier alpha value is -3.22. The Morgan fingerprint density at radius 1 is 0.394 bits per heavy atom. The molecule has 0 radical (unpaired) electrons. The van der Waals surface area contributed by atoms with E-state index in [9.17, 15) is 14.7 Å². The summed E-state index contributed by atoms with van der Waals surface area (Å²) in [5, 5.41) is 9.47. The van der Waals surface area contributed by atoms with Crippen molar-refractivity contribution in [3.63, 3.8) is 0 Å². The lowest BCUT2D eigenvalue weighted by Crippen LogP contribution is -2.32. The number of unbranched alkanes of at least 4 members (excludes halogenated alkanes) is 36. The van der Waals surface area contributed by atoms with Gasteiger partial charge in [0.1, 0.15) is 6.54 Å². The van der Waals surface area contributed by atoms with Gasteiger partial charge in [-0.25, -0.2) is 0 Å². The summed E-state index contributed by atoms with van der Waals surface area (Å²) in [4.78, 5) is 26.4. The molecule has 71 heavy (non-hydrogen) atoms. The molecule has 0 heterocycles. The van der Waals surface area contributed by atoms with Crippen LogP contribution in [-0.4, -0.2) is 55.3 Å². The number of carboxylic acids is 1. The van der Waals surface area contributed by atoms with Gasteiger partial charge in [-0.3, -0.25) is 9.59 Å². The molecule has 0 aliphatic heterocycles. The summed E-state index contributed by atoms with van der Waals surface area (Å²) in [7, 11) is 1.52. The van der Waals surface area contributed by atoms with E-state index in [2.05, 4.69) is 57.2 Å². The Kier molecular flexibility index (Phi) is 47.9. The first-order valence-electron chi connectivity index (χ1n) is 30.4. The van der Waals surface area contributed by atoms with Crippen molar-refractivity contribution in [2.75, 3.05) is 33.4 Å². The van der Waals surface area contributed by atoms with Crippen LogP contribution in [0.25, 0.3) is 0 Å². The Labute approximate surface area is 439 Å². The number of carbonyl (C=O) groups excluding carboxylic acids is 1. The second-order valence-corrected chi connectivity index (χ2v) is 20.7. The van der Waals surface area contributed by atoms with E-state index in [1.807, 2.05) is 0 Å². The van der Waals surface area contributed by atoms with E-state index in [4.69, 9.17) is 14.2 Å². The van der Waals surface area contributed by atoms with Gasteiger partial charge in [-0.05, 0) is 108 Å². The number of benzene rings is 1. The summed E-state index contributed by atoms with van der Waals surface area (Å²) >= 11 is 0. The van der Waals surface area contributed by atoms with Crippen LogP contribution < -0.4 is 14.2 Å². The molecule has 1 aromatic carbocycles. The van der Waals surface area contributed by atoms with Crippen molar-refractivity contribution in [3.8, 4) is 17.2 Å². The zero-order chi connectivity index (χ0) is 51.3. The lowest BCUT2D eigenvalue weighted by Gasteiger charge is -2.20. The van der Waals surface area contributed by atoms with Crippen molar-refractivity contribution in [1.82, 2.24) is 4.90 Å². The molecule has 1 amide bonds. The van der Waals surface area contributed by atoms with E-state index in [1.54, 1.807) is 12.1 Å². The van der Waals surface area contributed by atoms with Gasteiger partial charge in [0.2, 0.25) is 5.75 Å². The van der Waals surface area contributed by atoms with Gasteiger partial charge in [-0.1, -0.05) is 231 Å². The third kappa shape index (κ3) is 41.9. The van der Waals surface area contributed by atoms with Crippen LogP contribution in [0, 0.1) is 0 Å². The van der Waals surface area contributed by atoms with Gasteiger partial charge in [0.25, 0.3) is 5.91 Å². The summed E-state index contributed by atoms with van der Waals surface area (Å²) < 4.78 is 19.4. The first-order chi connectivity index (χ1) is 34.9. The van der Waals surface area contributed by atoms with Crippen LogP contribution in [0.2, 0.25) is 0 Å². The fourth-order valence-corrected chi connectivity index (χ4v) is 9.14. The molecular weight excluding hydrogens is 879 g/mol. The minimum absolute atomic E-state index is 0.352. The second-order valence-electron chi connectivity index (χ2n) is 20.7. The highest BCUT2D eigenvalue weighted by atomic mass is 16.5. The normalized spacial score (nSPS) is 11.7. The first kappa shape index (κ1) is 65.8. The Bertz CT molecular complexity index is 1370. The van der Waals surface area contributed by atoms with Crippen molar-refractivity contribution in [2.24, 2.45) is 0 Å². The number of rotatable bonds is 54. The van der Waals surface area contributed by atoms with Gasteiger partial charge in [0, 0.05) is 12.6 Å². The molecular formula is C64H113NO6. The van der Waals surface area contributed by atoms with E-state index in [0.29, 0.717) is 42.6 Å². The third-order valence-electron chi connectivity index (χ3n) is 13.7. The maximum atomic E-state index is 13.6. The highest BCUT2D eigenvalue weighted by Crippen LogP contribution is 2.40. The molecule has 7 heteroatoms. The summed E-state index contributed by atoms with van der Waals surface area (Å²) in [6, 6.07) is 3.46. The van der Waals surface area contributed by atoms with Gasteiger partial charge in [0.05, 0.1) is 19.8 Å². The van der Waals surface area contributed by atoms with E-state index in [0.717, 1.165) is 38.5 Å². The maximum Gasteiger partial charge on any atom is 0.323 e. The Balaban J connectivity index is 2.75. The van der Waals surface area contributed by atoms with Crippen molar-refractivity contribution >= 4 is 11.9 Å². The number of carboxylic acid groups (broad SMARTS) is 1. The lowest BCUT2D eigenvalue weighted by molar-refractivity contribution is -0.137. The molecule has 1 rings (SSSR count). The molecule has 0 spiro atoms. The molecule has 0 saturated carbocycles. The van der Waals surface area contributed by atoms with Crippen molar-refractivity contribution in [1.29, 1.82) is 0 Å². The molecule has 0 aromatic heterocycles. The number of aliphatic carboxylic acids is 1. The van der Waals surface area contributed by atoms with Crippen molar-refractivity contribution < 1.29 is 28.9 Å². The van der Waals surface area contributed by atoms with E-state index in [-0.39, 0.29) is 12.5 Å². The summed E-state index contributed by atoms with van der Waals surface area (Å²) in [5.41, 5.74) is 0.352. The number of nitrogens with zero attached hydrogens (tertiary/aromatic N) is 1. The lowest BCUT2D eigenvalue weighted by atomic mass is 10.1. The average molecular weight is 993 g/mol. The molecule has 410 valence electrons. The Morgan fingerprint density at radius 2 is 0.648 bits per heavy atom. The van der Waals surface area contributed by atoms with Gasteiger partial charge in [-0.2, -0.15) is 0 Å². The van der Waals surface area contributed by atoms with E-state index < -0.39 is 5.97 Å². The summed E-state index contributed by atoms with van der Waals surface area (Å²) in [6.07, 6.45) is 66.7. The monoisotopic (exact) mass is 992 g/mol. The van der Waals surface area contributed by atoms with Gasteiger partial charge >= 0.3 is 5.97 Å². The maximum absolute atomic E-state index is 13.6. The second kappa shape index (κ2) is 51.7. The third-order valence-corrected chi connectivity index (χ3v) is 13.7. The van der Waals surface area contributed by atoms with Crippen molar-refractivity contribution in [3.05, 3.63) is 54.2 Å². The number of hydrogen-bond donors (Lipinski definition) is 1. The van der Waals surface area contributed by atoms with Crippen LogP contribution in [-0.2, 0) is 4.79 Å². The topological polar surface area (TPSA) is 85.3 Å². The molecule has 0 aliphatic carbocycles. The number of allylic oxidation sites excluding steroid dienone is 6. The minimum atomic E-state index is -1.05. The molecule has 1 aromatic rings. The number of likely N-dealkylation sites (N-methyl/N-ethyl adjacent to an activating group) is 1. The number of amides is 1. The molecule has 0 unspecified atom stereocenters. The molecule has 1 N–H and O–H groups in total. The van der Waals surface area contributed by atoms with Crippen LogP contribution >= 0.6 is 0 Å². The summed E-state index contributed by atoms with van der Waals surface area (Å²) in [6.45, 7) is 8.02. The zero-order valence-electron chi connectivity index (χ0n) is 47.1. The molecule has 7 nitrogen and oxygen atoms in total. The van der Waals surface area contributed by atoms with Crippen LogP contribution in [0.4, 0.5) is 0 Å². The Morgan fingerprint density at radius 3 is 0.930 bits per heavy atom. The van der Waals surface area contributed by atoms with Crippen LogP contribution in [0.1, 0.15) is 301 Å². The van der Waals surface area contributed by atoms with Gasteiger partial charge in [0.15, 0.2) is 11.5 Å². The van der Waals surface area contributed by atoms with Gasteiger partial charge in [-0.15, -0.1) is 0 Å². The highest BCUT2D eigenvalue weighted by molar-refractivity contribution is 5.97. The zero-order valence-corrected chi connectivity index (χ0v) is 47.1. The van der Waals surface area contributed by atoms with Crippen LogP contribution in [0.15, 0.2) is 48.6 Å². The quantitative estimate of drug-likeness (QED) is 0.0517. The SMILES string of the molecule is CCCCCCCC/C=C\CCCCCCCCOc1cc(C(=O)N(C)CC(=O)O)cc(OCCCCCCCC/C=C\CCCCCCCC)c1OCCCCCCCC/C=C\CCCCCCCC. The predicted molar refractivity (Wildman–Crippen MR) is 306 cm³/mol. The molecule has 0 aliphatic rings. The molecule has 0 saturated heterocycles. The predicted octanol–water partition coefficient (Wildman–Crippen LogP) is 20.1.